The molecule has 1 amide bonds. The van der Waals surface area contributed by atoms with Crippen LogP contribution < -0.4 is 0 Å². The zero-order chi connectivity index (χ0) is 17.1. The topological polar surface area (TPSA) is 49.6 Å². The van der Waals surface area contributed by atoms with Crippen LogP contribution in [0.1, 0.15) is 16.1 Å². The number of hydrogen-bond acceptors (Lipinski definition) is 5. The molecule has 25 heavy (non-hydrogen) atoms. The van der Waals surface area contributed by atoms with Crippen molar-refractivity contribution in [2.75, 3.05) is 26.2 Å². The minimum absolute atomic E-state index is 0.113. The fourth-order valence-corrected chi connectivity index (χ4v) is 3.65. The fraction of sp³-hybridized carbons (Fsp3) is 0.263. The Hall–Kier alpha value is -2.44. The van der Waals surface area contributed by atoms with E-state index >= 15 is 0 Å². The molecule has 1 saturated heterocycles. The molecule has 4 rings (SSSR count). The summed E-state index contributed by atoms with van der Waals surface area (Å²) in [4.78, 5) is 22.3. The predicted octanol–water partition coefficient (Wildman–Crippen LogP) is 3.36. The number of oxazole rings is 1. The van der Waals surface area contributed by atoms with Crippen LogP contribution in [0.3, 0.4) is 0 Å². The van der Waals surface area contributed by atoms with Crippen LogP contribution >= 0.6 is 11.3 Å². The molecule has 0 spiro atoms. The average Bonchev–Trinajstić information content (AvgIpc) is 3.34. The van der Waals surface area contributed by atoms with E-state index in [-0.39, 0.29) is 5.91 Å². The molecule has 5 nitrogen and oxygen atoms in total. The highest BCUT2D eigenvalue weighted by molar-refractivity contribution is 7.13. The molecule has 1 aliphatic rings. The Kier molecular flexibility index (Phi) is 4.63. The van der Waals surface area contributed by atoms with Crippen molar-refractivity contribution >= 4 is 17.2 Å². The molecule has 2 aromatic heterocycles. The number of piperazine rings is 1. The van der Waals surface area contributed by atoms with Gasteiger partial charge in [0.25, 0.3) is 5.91 Å². The SMILES string of the molecule is O=C(c1ccccc1)N1CCN(Cc2coc(-c3cccs3)n2)CC1. The average molecular weight is 353 g/mol. The molecule has 0 atom stereocenters. The van der Waals surface area contributed by atoms with Gasteiger partial charge in [-0.2, -0.15) is 0 Å². The van der Waals surface area contributed by atoms with E-state index < -0.39 is 0 Å². The minimum Gasteiger partial charge on any atom is -0.444 e. The highest BCUT2D eigenvalue weighted by Gasteiger charge is 2.22. The lowest BCUT2D eigenvalue weighted by molar-refractivity contribution is 0.0627. The lowest BCUT2D eigenvalue weighted by Crippen LogP contribution is -2.48. The summed E-state index contributed by atoms with van der Waals surface area (Å²) in [6, 6.07) is 13.5. The van der Waals surface area contributed by atoms with E-state index in [0.29, 0.717) is 5.89 Å². The van der Waals surface area contributed by atoms with Gasteiger partial charge < -0.3 is 9.32 Å². The second-order valence-corrected chi connectivity index (χ2v) is 7.00. The van der Waals surface area contributed by atoms with Crippen molar-refractivity contribution in [1.29, 1.82) is 0 Å². The van der Waals surface area contributed by atoms with Gasteiger partial charge in [-0.1, -0.05) is 24.3 Å². The predicted molar refractivity (Wildman–Crippen MR) is 97.4 cm³/mol. The highest BCUT2D eigenvalue weighted by atomic mass is 32.1. The summed E-state index contributed by atoms with van der Waals surface area (Å²) in [6.07, 6.45) is 1.73. The molecular weight excluding hydrogens is 334 g/mol. The number of amides is 1. The van der Waals surface area contributed by atoms with Crippen molar-refractivity contribution in [3.8, 4) is 10.8 Å². The molecule has 0 radical (unpaired) electrons. The Morgan fingerprint density at radius 2 is 1.88 bits per heavy atom. The van der Waals surface area contributed by atoms with E-state index in [1.807, 2.05) is 52.7 Å². The largest absolute Gasteiger partial charge is 0.444 e. The summed E-state index contributed by atoms with van der Waals surface area (Å²) < 4.78 is 5.58. The number of hydrogen-bond donors (Lipinski definition) is 0. The van der Waals surface area contributed by atoms with E-state index in [9.17, 15) is 4.79 Å². The molecule has 0 bridgehead atoms. The van der Waals surface area contributed by atoms with E-state index in [1.165, 1.54) is 0 Å². The number of carbonyl (C=O) groups excluding carboxylic acids is 1. The Morgan fingerprint density at radius 1 is 1.08 bits per heavy atom. The van der Waals surface area contributed by atoms with Gasteiger partial charge in [-0.25, -0.2) is 4.98 Å². The molecule has 6 heteroatoms. The molecule has 0 unspecified atom stereocenters. The van der Waals surface area contributed by atoms with Gasteiger partial charge in [0.15, 0.2) is 0 Å². The van der Waals surface area contributed by atoms with Gasteiger partial charge in [-0.05, 0) is 23.6 Å². The van der Waals surface area contributed by atoms with Crippen LogP contribution in [0, 0.1) is 0 Å². The molecule has 3 heterocycles. The zero-order valence-electron chi connectivity index (χ0n) is 13.8. The van der Waals surface area contributed by atoms with Crippen LogP contribution in [0.4, 0.5) is 0 Å². The third-order valence-electron chi connectivity index (χ3n) is 4.35. The first-order valence-electron chi connectivity index (χ1n) is 8.34. The van der Waals surface area contributed by atoms with Crippen molar-refractivity contribution in [3.05, 3.63) is 65.4 Å². The first-order chi connectivity index (χ1) is 12.3. The summed E-state index contributed by atoms with van der Waals surface area (Å²) in [6.45, 7) is 3.93. The number of carbonyl (C=O) groups is 1. The molecule has 128 valence electrons. The van der Waals surface area contributed by atoms with Gasteiger partial charge >= 0.3 is 0 Å². The Labute approximate surface area is 150 Å². The van der Waals surface area contributed by atoms with Crippen molar-refractivity contribution in [2.24, 2.45) is 0 Å². The third kappa shape index (κ3) is 3.65. The molecule has 1 aromatic carbocycles. The fourth-order valence-electron chi connectivity index (χ4n) is 2.99. The summed E-state index contributed by atoms with van der Waals surface area (Å²) in [5.74, 6) is 0.796. The van der Waals surface area contributed by atoms with Gasteiger partial charge in [0.1, 0.15) is 6.26 Å². The molecular formula is C19H19N3O2S. The van der Waals surface area contributed by atoms with Crippen LogP contribution in [0.5, 0.6) is 0 Å². The molecule has 3 aromatic rings. The smallest absolute Gasteiger partial charge is 0.253 e. The molecule has 1 aliphatic heterocycles. The van der Waals surface area contributed by atoms with E-state index in [1.54, 1.807) is 17.6 Å². The van der Waals surface area contributed by atoms with Gasteiger partial charge in [0, 0.05) is 38.3 Å². The number of rotatable bonds is 4. The second kappa shape index (κ2) is 7.21. The Balaban J connectivity index is 1.33. The molecule has 1 fully saturated rings. The van der Waals surface area contributed by atoms with Crippen molar-refractivity contribution in [2.45, 2.75) is 6.54 Å². The van der Waals surface area contributed by atoms with Gasteiger partial charge in [0.05, 0.1) is 10.6 Å². The van der Waals surface area contributed by atoms with Crippen LogP contribution in [0.2, 0.25) is 0 Å². The normalized spacial score (nSPS) is 15.4. The van der Waals surface area contributed by atoms with E-state index in [2.05, 4.69) is 9.88 Å². The molecule has 0 aliphatic carbocycles. The van der Waals surface area contributed by atoms with Crippen LogP contribution in [-0.4, -0.2) is 46.9 Å². The van der Waals surface area contributed by atoms with Crippen molar-refractivity contribution < 1.29 is 9.21 Å². The van der Waals surface area contributed by atoms with Crippen molar-refractivity contribution in [1.82, 2.24) is 14.8 Å². The van der Waals surface area contributed by atoms with Crippen LogP contribution in [-0.2, 0) is 6.54 Å². The third-order valence-corrected chi connectivity index (χ3v) is 5.21. The lowest BCUT2D eigenvalue weighted by Gasteiger charge is -2.34. The minimum atomic E-state index is 0.113. The first kappa shape index (κ1) is 16.1. The standard InChI is InChI=1S/C19H19N3O2S/c23-19(15-5-2-1-3-6-15)22-10-8-21(9-11-22)13-16-14-24-18(20-16)17-7-4-12-25-17/h1-7,12,14H,8-11,13H2. The van der Waals surface area contributed by atoms with Gasteiger partial charge in [0.2, 0.25) is 5.89 Å². The number of nitrogens with zero attached hydrogens (tertiary/aromatic N) is 3. The van der Waals surface area contributed by atoms with Crippen LogP contribution in [0.25, 0.3) is 10.8 Å². The maximum atomic E-state index is 12.5. The molecule has 0 saturated carbocycles. The lowest BCUT2D eigenvalue weighted by atomic mass is 10.2. The Bertz CT molecular complexity index is 821. The molecule has 0 N–H and O–H groups in total. The highest BCUT2D eigenvalue weighted by Crippen LogP contribution is 2.24. The van der Waals surface area contributed by atoms with Crippen LogP contribution in [0.15, 0.2) is 58.5 Å². The summed E-state index contributed by atoms with van der Waals surface area (Å²) >= 11 is 1.62. The second-order valence-electron chi connectivity index (χ2n) is 6.06. The number of thiophene rings is 1. The summed E-state index contributed by atoms with van der Waals surface area (Å²) in [5.41, 5.74) is 1.69. The van der Waals surface area contributed by atoms with Crippen molar-refractivity contribution in [3.63, 3.8) is 0 Å². The Morgan fingerprint density at radius 3 is 2.60 bits per heavy atom. The quantitative estimate of drug-likeness (QED) is 0.722. The summed E-state index contributed by atoms with van der Waals surface area (Å²) in [7, 11) is 0. The van der Waals surface area contributed by atoms with Gasteiger partial charge in [-0.3, -0.25) is 9.69 Å². The zero-order valence-corrected chi connectivity index (χ0v) is 14.6. The number of aromatic nitrogens is 1. The first-order valence-corrected chi connectivity index (χ1v) is 9.22. The monoisotopic (exact) mass is 353 g/mol. The maximum Gasteiger partial charge on any atom is 0.253 e. The summed E-state index contributed by atoms with van der Waals surface area (Å²) in [5, 5.41) is 2.02. The van der Waals surface area contributed by atoms with E-state index in [0.717, 1.165) is 48.9 Å². The van der Waals surface area contributed by atoms with Gasteiger partial charge in [-0.15, -0.1) is 11.3 Å². The maximum absolute atomic E-state index is 12.5. The van der Waals surface area contributed by atoms with E-state index in [4.69, 9.17) is 4.42 Å². The number of benzene rings is 1.